The van der Waals surface area contributed by atoms with Crippen molar-refractivity contribution in [2.24, 2.45) is 0 Å². The first-order chi connectivity index (χ1) is 15.9. The van der Waals surface area contributed by atoms with Gasteiger partial charge >= 0.3 is 0 Å². The van der Waals surface area contributed by atoms with Crippen LogP contribution in [0.4, 0.5) is 0 Å². The Balaban J connectivity index is 1.67. The Morgan fingerprint density at radius 2 is 1.06 bits per heavy atom. The number of benzene rings is 5. The van der Waals surface area contributed by atoms with Gasteiger partial charge in [0.25, 0.3) is 0 Å². The second-order valence-electron chi connectivity index (χ2n) is 8.25. The van der Waals surface area contributed by atoms with Crippen LogP contribution >= 0.6 is 0 Å². The average molecular weight is 406 g/mol. The number of fused-ring (bicyclic) bond motifs is 3. The number of aromatic nitrogens is 2. The van der Waals surface area contributed by atoms with Gasteiger partial charge in [-0.25, -0.2) is 9.97 Å². The predicted octanol–water partition coefficient (Wildman–Crippen LogP) is 7.86. The fraction of sp³-hybridized carbons (Fsp3) is 0. The zero-order valence-electron chi connectivity index (χ0n) is 17.3. The molecule has 0 aliphatic carbocycles. The summed E-state index contributed by atoms with van der Waals surface area (Å²) in [5, 5.41) is 7.23. The highest BCUT2D eigenvalue weighted by Gasteiger charge is 2.17. The largest absolute Gasteiger partial charge is 0.248 e. The van der Waals surface area contributed by atoms with E-state index in [9.17, 15) is 0 Å². The number of pyridine rings is 2. The molecule has 0 amide bonds. The second-order valence-corrected chi connectivity index (χ2v) is 8.25. The van der Waals surface area contributed by atoms with Crippen molar-refractivity contribution in [3.8, 4) is 22.5 Å². The van der Waals surface area contributed by atoms with Gasteiger partial charge in [0.2, 0.25) is 0 Å². The lowest BCUT2D eigenvalue weighted by atomic mass is 9.92. The summed E-state index contributed by atoms with van der Waals surface area (Å²) < 4.78 is 0. The van der Waals surface area contributed by atoms with E-state index in [1.807, 2.05) is 12.1 Å². The Morgan fingerprint density at radius 3 is 1.78 bits per heavy atom. The van der Waals surface area contributed by atoms with Crippen LogP contribution in [0.3, 0.4) is 0 Å². The van der Waals surface area contributed by atoms with Gasteiger partial charge in [-0.3, -0.25) is 0 Å². The van der Waals surface area contributed by atoms with E-state index in [1.165, 1.54) is 32.3 Å². The third-order valence-corrected chi connectivity index (χ3v) is 6.38. The van der Waals surface area contributed by atoms with Gasteiger partial charge in [-0.1, -0.05) is 91.0 Å². The molecule has 5 aromatic carbocycles. The van der Waals surface area contributed by atoms with Gasteiger partial charge in [-0.15, -0.1) is 0 Å². The summed E-state index contributed by atoms with van der Waals surface area (Å²) in [7, 11) is 0. The van der Waals surface area contributed by atoms with Gasteiger partial charge in [0.05, 0.1) is 22.4 Å². The summed E-state index contributed by atoms with van der Waals surface area (Å²) in [6.45, 7) is 0. The molecule has 2 nitrogen and oxygen atoms in total. The average Bonchev–Trinajstić information content (AvgIpc) is 2.88. The molecule has 0 atom stereocenters. The van der Waals surface area contributed by atoms with Crippen molar-refractivity contribution in [2.75, 3.05) is 0 Å². The van der Waals surface area contributed by atoms with Gasteiger partial charge < -0.3 is 0 Å². The molecule has 0 fully saturated rings. The van der Waals surface area contributed by atoms with Crippen molar-refractivity contribution in [1.82, 2.24) is 9.97 Å². The van der Waals surface area contributed by atoms with Crippen molar-refractivity contribution >= 4 is 43.4 Å². The maximum absolute atomic E-state index is 5.18. The summed E-state index contributed by atoms with van der Waals surface area (Å²) in [4.78, 5) is 10.2. The molecular weight excluding hydrogens is 388 g/mol. The van der Waals surface area contributed by atoms with Gasteiger partial charge in [0.1, 0.15) is 0 Å². The molecule has 0 saturated carbocycles. The van der Waals surface area contributed by atoms with Gasteiger partial charge in [0, 0.05) is 27.3 Å². The Hall–Kier alpha value is -4.30. The maximum Gasteiger partial charge on any atom is 0.0801 e. The molecule has 0 unspecified atom stereocenters. The van der Waals surface area contributed by atoms with Crippen LogP contribution in [0.2, 0.25) is 0 Å². The Kier molecular flexibility index (Phi) is 3.58. The van der Waals surface area contributed by atoms with Crippen molar-refractivity contribution in [2.45, 2.75) is 0 Å². The molecule has 0 N–H and O–H groups in total. The van der Waals surface area contributed by atoms with Gasteiger partial charge in [0.15, 0.2) is 0 Å². The van der Waals surface area contributed by atoms with E-state index in [0.717, 1.165) is 33.5 Å². The van der Waals surface area contributed by atoms with E-state index in [1.54, 1.807) is 0 Å². The quantitative estimate of drug-likeness (QED) is 0.216. The minimum Gasteiger partial charge on any atom is -0.248 e. The molecule has 0 saturated heterocycles. The summed E-state index contributed by atoms with van der Waals surface area (Å²) in [6, 6.07) is 38.2. The lowest BCUT2D eigenvalue weighted by molar-refractivity contribution is 1.40. The molecule has 0 spiro atoms. The Labute approximate surface area is 185 Å². The Bertz CT molecular complexity index is 1620. The van der Waals surface area contributed by atoms with E-state index < -0.39 is 0 Å². The highest BCUT2D eigenvalue weighted by Crippen LogP contribution is 2.41. The molecule has 0 aliphatic rings. The molecule has 0 radical (unpaired) electrons. The fourth-order valence-electron chi connectivity index (χ4n) is 4.92. The van der Waals surface area contributed by atoms with Crippen LogP contribution in [0, 0.1) is 0 Å². The SMILES string of the molecule is c1ccc(-c2cc3c4ccccc4c4nc(-c5ccccc5)cc5ccc(n2)c3c54)cc1. The molecule has 148 valence electrons. The van der Waals surface area contributed by atoms with Crippen molar-refractivity contribution in [3.05, 3.63) is 109 Å². The first kappa shape index (κ1) is 17.4. The zero-order chi connectivity index (χ0) is 21.1. The molecule has 7 aromatic rings. The van der Waals surface area contributed by atoms with Crippen LogP contribution in [0.15, 0.2) is 109 Å². The number of hydrogen-bond donors (Lipinski definition) is 0. The normalized spacial score (nSPS) is 11.8. The highest BCUT2D eigenvalue weighted by molar-refractivity contribution is 6.32. The molecule has 0 aliphatic heterocycles. The minimum atomic E-state index is 1.000. The van der Waals surface area contributed by atoms with E-state index in [0.29, 0.717) is 0 Å². The number of nitrogens with zero attached hydrogens (tertiary/aromatic N) is 2. The molecular formula is C30H18N2. The highest BCUT2D eigenvalue weighted by atomic mass is 14.7. The van der Waals surface area contributed by atoms with E-state index >= 15 is 0 Å². The lowest BCUT2D eigenvalue weighted by Crippen LogP contribution is -1.94. The summed E-state index contributed by atoms with van der Waals surface area (Å²) in [5.74, 6) is 0. The number of hydrogen-bond acceptors (Lipinski definition) is 2. The van der Waals surface area contributed by atoms with Crippen LogP contribution in [0.5, 0.6) is 0 Å². The van der Waals surface area contributed by atoms with Crippen LogP contribution in [0.1, 0.15) is 0 Å². The fourth-order valence-corrected chi connectivity index (χ4v) is 4.92. The third-order valence-electron chi connectivity index (χ3n) is 6.38. The van der Waals surface area contributed by atoms with Crippen LogP contribution < -0.4 is 0 Å². The molecule has 2 aromatic heterocycles. The van der Waals surface area contributed by atoms with E-state index in [4.69, 9.17) is 9.97 Å². The van der Waals surface area contributed by atoms with Gasteiger partial charge in [-0.2, -0.15) is 0 Å². The number of rotatable bonds is 2. The van der Waals surface area contributed by atoms with Crippen LogP contribution in [0.25, 0.3) is 65.9 Å². The van der Waals surface area contributed by atoms with E-state index in [-0.39, 0.29) is 0 Å². The molecule has 0 bridgehead atoms. The minimum absolute atomic E-state index is 1.000. The molecule has 32 heavy (non-hydrogen) atoms. The summed E-state index contributed by atoms with van der Waals surface area (Å²) >= 11 is 0. The van der Waals surface area contributed by atoms with Gasteiger partial charge in [-0.05, 0) is 34.4 Å². The zero-order valence-corrected chi connectivity index (χ0v) is 17.3. The smallest absolute Gasteiger partial charge is 0.0801 e. The monoisotopic (exact) mass is 406 g/mol. The molecule has 2 heterocycles. The summed E-state index contributed by atoms with van der Waals surface area (Å²) in [5.41, 5.74) is 6.32. The Morgan fingerprint density at radius 1 is 0.438 bits per heavy atom. The first-order valence-electron chi connectivity index (χ1n) is 10.9. The van der Waals surface area contributed by atoms with Crippen molar-refractivity contribution in [3.63, 3.8) is 0 Å². The van der Waals surface area contributed by atoms with Crippen molar-refractivity contribution in [1.29, 1.82) is 0 Å². The predicted molar refractivity (Wildman–Crippen MR) is 134 cm³/mol. The maximum atomic E-state index is 5.18. The second kappa shape index (κ2) is 6.60. The van der Waals surface area contributed by atoms with Crippen LogP contribution in [-0.4, -0.2) is 9.97 Å². The molecule has 7 rings (SSSR count). The topological polar surface area (TPSA) is 25.8 Å². The first-order valence-corrected chi connectivity index (χ1v) is 10.9. The van der Waals surface area contributed by atoms with E-state index in [2.05, 4.69) is 97.1 Å². The molecule has 2 heteroatoms. The third kappa shape index (κ3) is 2.47. The van der Waals surface area contributed by atoms with Crippen molar-refractivity contribution < 1.29 is 0 Å². The summed E-state index contributed by atoms with van der Waals surface area (Å²) in [6.07, 6.45) is 0. The standard InChI is InChI=1S/C30H18N2/c1-3-9-19(10-4-1)26-17-21-15-16-25-29-24(18-27(31-25)20-11-5-2-6-12-20)22-13-7-8-14-23(22)30(32-26)28(21)29/h1-18H. The lowest BCUT2D eigenvalue weighted by Gasteiger charge is -2.16. The van der Waals surface area contributed by atoms with Crippen LogP contribution in [-0.2, 0) is 0 Å².